The van der Waals surface area contributed by atoms with Gasteiger partial charge in [-0.2, -0.15) is 0 Å². The Morgan fingerprint density at radius 2 is 2.10 bits per heavy atom. The Bertz CT molecular complexity index is 1000. The molecule has 0 spiro atoms. The van der Waals surface area contributed by atoms with E-state index in [1.807, 2.05) is 18.2 Å². The van der Waals surface area contributed by atoms with Gasteiger partial charge < -0.3 is 14.8 Å². The van der Waals surface area contributed by atoms with Crippen LogP contribution in [-0.2, 0) is 4.74 Å². The fraction of sp³-hybridized carbons (Fsp3) is 0.318. The predicted octanol–water partition coefficient (Wildman–Crippen LogP) is 4.61. The standard InChI is InChI=1S/C22H22N2O5/c1-3-29-22(25)14-7-9-18-17(11-14)15-5-4-6-16(15)21(23-18)13-8-10-20(28-2)19(12-13)24(26)27/h4-5,7-12,15-16,21,23H,3,6H2,1-2H3/t15-,16+,21-/m0/s1. The van der Waals surface area contributed by atoms with Gasteiger partial charge in [0.25, 0.3) is 0 Å². The molecule has 0 unspecified atom stereocenters. The van der Waals surface area contributed by atoms with Gasteiger partial charge in [-0.1, -0.05) is 18.2 Å². The number of nitro groups is 1. The van der Waals surface area contributed by atoms with E-state index in [9.17, 15) is 14.9 Å². The first-order valence-electron chi connectivity index (χ1n) is 9.60. The molecule has 0 amide bonds. The molecular weight excluding hydrogens is 372 g/mol. The van der Waals surface area contributed by atoms with Crippen molar-refractivity contribution in [1.82, 2.24) is 0 Å². The molecule has 0 saturated carbocycles. The van der Waals surface area contributed by atoms with Crippen molar-refractivity contribution in [2.75, 3.05) is 19.0 Å². The number of rotatable bonds is 5. The molecule has 0 bridgehead atoms. The number of anilines is 1. The van der Waals surface area contributed by atoms with Crippen LogP contribution in [0, 0.1) is 16.0 Å². The highest BCUT2D eigenvalue weighted by Gasteiger charge is 2.39. The monoisotopic (exact) mass is 394 g/mol. The molecule has 1 N–H and O–H groups in total. The number of methoxy groups -OCH3 is 1. The fourth-order valence-electron chi connectivity index (χ4n) is 4.31. The zero-order valence-corrected chi connectivity index (χ0v) is 16.3. The molecule has 150 valence electrons. The average Bonchev–Trinajstić information content (AvgIpc) is 3.22. The number of fused-ring (bicyclic) bond motifs is 3. The van der Waals surface area contributed by atoms with Crippen molar-refractivity contribution in [3.63, 3.8) is 0 Å². The lowest BCUT2D eigenvalue weighted by Gasteiger charge is -2.37. The number of benzene rings is 2. The van der Waals surface area contributed by atoms with Crippen molar-refractivity contribution in [1.29, 1.82) is 0 Å². The van der Waals surface area contributed by atoms with Gasteiger partial charge in [-0.3, -0.25) is 10.1 Å². The zero-order valence-electron chi connectivity index (χ0n) is 16.3. The summed E-state index contributed by atoms with van der Waals surface area (Å²) in [7, 11) is 1.43. The van der Waals surface area contributed by atoms with Crippen molar-refractivity contribution < 1.29 is 19.2 Å². The summed E-state index contributed by atoms with van der Waals surface area (Å²) in [5.74, 6) is 0.247. The molecular formula is C22H22N2O5. The summed E-state index contributed by atoms with van der Waals surface area (Å²) in [5, 5.41) is 15.0. The molecule has 1 aliphatic carbocycles. The number of nitrogens with one attached hydrogen (secondary N) is 1. The van der Waals surface area contributed by atoms with Crippen molar-refractivity contribution in [3.8, 4) is 5.75 Å². The number of hydrogen-bond acceptors (Lipinski definition) is 6. The molecule has 2 aromatic carbocycles. The smallest absolute Gasteiger partial charge is 0.338 e. The third-order valence-corrected chi connectivity index (χ3v) is 5.63. The summed E-state index contributed by atoms with van der Waals surface area (Å²) in [6, 6.07) is 10.5. The lowest BCUT2D eigenvalue weighted by molar-refractivity contribution is -0.385. The fourth-order valence-corrected chi connectivity index (χ4v) is 4.31. The molecule has 2 aliphatic rings. The average molecular weight is 394 g/mol. The normalized spacial score (nSPS) is 21.7. The van der Waals surface area contributed by atoms with Gasteiger partial charge >= 0.3 is 11.7 Å². The van der Waals surface area contributed by atoms with Crippen LogP contribution in [0.2, 0.25) is 0 Å². The van der Waals surface area contributed by atoms with Gasteiger partial charge in [0.1, 0.15) is 0 Å². The molecule has 2 aromatic rings. The van der Waals surface area contributed by atoms with E-state index < -0.39 is 4.92 Å². The number of nitro benzene ring substituents is 1. The van der Waals surface area contributed by atoms with Gasteiger partial charge in [-0.05, 0) is 54.7 Å². The molecule has 0 aromatic heterocycles. The van der Waals surface area contributed by atoms with Gasteiger partial charge in [-0.25, -0.2) is 4.79 Å². The minimum atomic E-state index is -0.422. The Kier molecular flexibility index (Phi) is 4.96. The summed E-state index contributed by atoms with van der Waals surface area (Å²) in [6.07, 6.45) is 5.14. The van der Waals surface area contributed by atoms with E-state index in [1.54, 1.807) is 25.1 Å². The summed E-state index contributed by atoms with van der Waals surface area (Å²) >= 11 is 0. The number of allylic oxidation sites excluding steroid dienone is 2. The van der Waals surface area contributed by atoms with E-state index >= 15 is 0 Å². The van der Waals surface area contributed by atoms with Crippen LogP contribution >= 0.6 is 0 Å². The minimum absolute atomic E-state index is 0.0437. The first-order chi connectivity index (χ1) is 14.0. The molecule has 3 atom stereocenters. The maximum atomic E-state index is 12.1. The van der Waals surface area contributed by atoms with Crippen molar-refractivity contribution in [2.45, 2.75) is 25.3 Å². The Balaban J connectivity index is 1.72. The van der Waals surface area contributed by atoms with Gasteiger partial charge in [0.2, 0.25) is 0 Å². The molecule has 29 heavy (non-hydrogen) atoms. The quantitative estimate of drug-likeness (QED) is 0.345. The lowest BCUT2D eigenvalue weighted by Crippen LogP contribution is -2.29. The van der Waals surface area contributed by atoms with Crippen molar-refractivity contribution >= 4 is 17.3 Å². The van der Waals surface area contributed by atoms with E-state index in [0.717, 1.165) is 23.2 Å². The van der Waals surface area contributed by atoms with Crippen LogP contribution in [0.1, 0.15) is 46.8 Å². The van der Waals surface area contributed by atoms with Gasteiger partial charge in [-0.15, -0.1) is 0 Å². The minimum Gasteiger partial charge on any atom is -0.490 e. The van der Waals surface area contributed by atoms with E-state index in [4.69, 9.17) is 9.47 Å². The summed E-state index contributed by atoms with van der Waals surface area (Å²) in [6.45, 7) is 2.12. The van der Waals surface area contributed by atoms with Crippen LogP contribution in [-0.4, -0.2) is 24.6 Å². The number of carbonyl (C=O) groups is 1. The van der Waals surface area contributed by atoms with Crippen LogP contribution < -0.4 is 10.1 Å². The number of carbonyl (C=O) groups excluding carboxylic acids is 1. The lowest BCUT2D eigenvalue weighted by atomic mass is 9.76. The van der Waals surface area contributed by atoms with Crippen LogP contribution in [0.5, 0.6) is 5.75 Å². The summed E-state index contributed by atoms with van der Waals surface area (Å²) < 4.78 is 10.3. The Morgan fingerprint density at radius 3 is 2.83 bits per heavy atom. The Morgan fingerprint density at radius 1 is 1.28 bits per heavy atom. The molecule has 1 aliphatic heterocycles. The highest BCUT2D eigenvalue weighted by atomic mass is 16.6. The zero-order chi connectivity index (χ0) is 20.5. The Hall–Kier alpha value is -3.35. The maximum absolute atomic E-state index is 12.1. The van der Waals surface area contributed by atoms with Gasteiger partial charge in [0, 0.05) is 17.7 Å². The first kappa shape index (κ1) is 19.0. The van der Waals surface area contributed by atoms with E-state index in [2.05, 4.69) is 17.5 Å². The van der Waals surface area contributed by atoms with Gasteiger partial charge in [0.15, 0.2) is 5.75 Å². The second-order valence-corrected chi connectivity index (χ2v) is 7.19. The molecule has 0 saturated heterocycles. The van der Waals surface area contributed by atoms with Crippen LogP contribution in [0.4, 0.5) is 11.4 Å². The topological polar surface area (TPSA) is 90.7 Å². The molecule has 7 nitrogen and oxygen atoms in total. The number of esters is 1. The molecule has 0 fully saturated rings. The second-order valence-electron chi connectivity index (χ2n) is 7.19. The number of ether oxygens (including phenoxy) is 2. The molecule has 4 rings (SSSR count). The van der Waals surface area contributed by atoms with Crippen molar-refractivity contribution in [3.05, 3.63) is 75.4 Å². The van der Waals surface area contributed by atoms with Crippen LogP contribution in [0.3, 0.4) is 0 Å². The molecule has 0 radical (unpaired) electrons. The number of hydrogen-bond donors (Lipinski definition) is 1. The van der Waals surface area contributed by atoms with E-state index in [1.165, 1.54) is 7.11 Å². The van der Waals surface area contributed by atoms with Crippen LogP contribution in [0.15, 0.2) is 48.6 Å². The predicted molar refractivity (Wildman–Crippen MR) is 108 cm³/mol. The molecule has 7 heteroatoms. The summed E-state index contributed by atoms with van der Waals surface area (Å²) in [5.41, 5.74) is 3.31. The third-order valence-electron chi connectivity index (χ3n) is 5.63. The second kappa shape index (κ2) is 7.58. The van der Waals surface area contributed by atoms with Gasteiger partial charge in [0.05, 0.1) is 30.2 Å². The highest BCUT2D eigenvalue weighted by molar-refractivity contribution is 5.90. The van der Waals surface area contributed by atoms with Crippen LogP contribution in [0.25, 0.3) is 0 Å². The Labute approximate surface area is 168 Å². The largest absolute Gasteiger partial charge is 0.490 e. The SMILES string of the molecule is CCOC(=O)c1ccc2c(c1)[C@H]1C=CC[C@H]1[C@H](c1ccc(OC)c([N+](=O)[O-])c1)N2. The third kappa shape index (κ3) is 3.33. The maximum Gasteiger partial charge on any atom is 0.338 e. The summed E-state index contributed by atoms with van der Waals surface area (Å²) in [4.78, 5) is 23.2. The van der Waals surface area contributed by atoms with E-state index in [0.29, 0.717) is 12.2 Å². The number of nitrogens with zero attached hydrogens (tertiary/aromatic N) is 1. The van der Waals surface area contributed by atoms with E-state index in [-0.39, 0.29) is 35.3 Å². The highest BCUT2D eigenvalue weighted by Crippen LogP contribution is 2.50. The molecule has 1 heterocycles. The van der Waals surface area contributed by atoms with Crippen molar-refractivity contribution in [2.24, 2.45) is 5.92 Å². The first-order valence-corrected chi connectivity index (χ1v) is 9.60.